The molecule has 2 rings (SSSR count). The Hall–Kier alpha value is -1.30. The summed E-state index contributed by atoms with van der Waals surface area (Å²) in [5.74, 6) is -0.152. The molecule has 1 aromatic carbocycles. The number of benzene rings is 1. The Kier molecular flexibility index (Phi) is 5.01. The summed E-state index contributed by atoms with van der Waals surface area (Å²) in [4.78, 5) is 12.3. The number of anilines is 1. The summed E-state index contributed by atoms with van der Waals surface area (Å²) in [5, 5.41) is 5.57. The number of morpholine rings is 1. The summed E-state index contributed by atoms with van der Waals surface area (Å²) in [5.41, 5.74) is 4.22. The Bertz CT molecular complexity index is 448. The van der Waals surface area contributed by atoms with Crippen LogP contribution in [0.4, 0.5) is 5.69 Å². The monoisotopic (exact) mass is 283 g/mol. The van der Waals surface area contributed by atoms with Crippen molar-refractivity contribution in [3.8, 4) is 0 Å². The molecular weight excluding hydrogens is 266 g/mol. The fourth-order valence-corrected chi connectivity index (χ4v) is 2.10. The van der Waals surface area contributed by atoms with Crippen LogP contribution in [0.25, 0.3) is 0 Å². The number of carbonyl (C=O) groups excluding carboxylic acids is 1. The van der Waals surface area contributed by atoms with Crippen molar-refractivity contribution in [3.05, 3.63) is 28.8 Å². The Balaban J connectivity index is 2.10. The highest BCUT2D eigenvalue weighted by atomic mass is 35.5. The molecule has 1 aliphatic rings. The van der Waals surface area contributed by atoms with Crippen molar-refractivity contribution < 1.29 is 9.53 Å². The molecule has 104 valence electrons. The number of nitrogens with one attached hydrogen (secondary N) is 2. The summed E-state index contributed by atoms with van der Waals surface area (Å²) >= 11 is 5.96. The average Bonchev–Trinajstić information content (AvgIpc) is 2.42. The Morgan fingerprint density at radius 1 is 1.42 bits per heavy atom. The fourth-order valence-electron chi connectivity index (χ4n) is 1.93. The minimum absolute atomic E-state index is 0.152. The molecule has 1 saturated heterocycles. The van der Waals surface area contributed by atoms with Gasteiger partial charge in [-0.15, -0.1) is 0 Å². The van der Waals surface area contributed by atoms with Gasteiger partial charge in [0.25, 0.3) is 5.91 Å². The number of amides is 1. The summed E-state index contributed by atoms with van der Waals surface area (Å²) < 4.78 is 5.24. The van der Waals surface area contributed by atoms with Gasteiger partial charge in [0.1, 0.15) is 0 Å². The fraction of sp³-hybridized carbons (Fsp3) is 0.462. The van der Waals surface area contributed by atoms with Gasteiger partial charge in [0, 0.05) is 30.3 Å². The van der Waals surface area contributed by atoms with E-state index in [-0.39, 0.29) is 5.91 Å². The molecule has 0 atom stereocenters. The van der Waals surface area contributed by atoms with E-state index in [1.807, 2.05) is 18.0 Å². The van der Waals surface area contributed by atoms with Crippen molar-refractivity contribution in [2.45, 2.75) is 6.92 Å². The maximum atomic E-state index is 12.3. The first-order chi connectivity index (χ1) is 9.20. The molecule has 1 amide bonds. The zero-order chi connectivity index (χ0) is 13.7. The van der Waals surface area contributed by atoms with E-state index in [2.05, 4.69) is 10.7 Å². The number of hydrogen-bond acceptors (Lipinski definition) is 4. The normalized spacial score (nSPS) is 16.1. The molecule has 1 fully saturated rings. The molecule has 0 bridgehead atoms. The summed E-state index contributed by atoms with van der Waals surface area (Å²) in [6.45, 7) is 5.40. The van der Waals surface area contributed by atoms with Crippen LogP contribution in [0.2, 0.25) is 5.02 Å². The van der Waals surface area contributed by atoms with Crippen molar-refractivity contribution in [2.75, 3.05) is 38.2 Å². The topological polar surface area (TPSA) is 53.6 Å². The molecule has 0 spiro atoms. The standard InChI is InChI=1S/C13H18ClN3O2/c1-2-15-12-4-3-10(14)9-11(12)13(18)16-17-5-7-19-8-6-17/h3-4,9,15H,2,5-8H2,1H3,(H,16,18). The predicted octanol–water partition coefficient (Wildman–Crippen LogP) is 1.75. The second-order valence-electron chi connectivity index (χ2n) is 4.26. The number of nitrogens with zero attached hydrogens (tertiary/aromatic N) is 1. The van der Waals surface area contributed by atoms with Gasteiger partial charge in [-0.1, -0.05) is 11.6 Å². The van der Waals surface area contributed by atoms with Crippen molar-refractivity contribution in [1.82, 2.24) is 10.4 Å². The molecule has 0 unspecified atom stereocenters. The van der Waals surface area contributed by atoms with Crippen molar-refractivity contribution in [1.29, 1.82) is 0 Å². The van der Waals surface area contributed by atoms with E-state index in [0.29, 0.717) is 36.9 Å². The van der Waals surface area contributed by atoms with Gasteiger partial charge in [-0.2, -0.15) is 0 Å². The van der Waals surface area contributed by atoms with Gasteiger partial charge in [0.2, 0.25) is 0 Å². The third-order valence-corrected chi connectivity index (χ3v) is 3.10. The highest BCUT2D eigenvalue weighted by molar-refractivity contribution is 6.31. The molecule has 1 aromatic rings. The quantitative estimate of drug-likeness (QED) is 0.884. The Morgan fingerprint density at radius 3 is 2.84 bits per heavy atom. The third-order valence-electron chi connectivity index (χ3n) is 2.86. The summed E-state index contributed by atoms with van der Waals surface area (Å²) in [7, 11) is 0. The van der Waals surface area contributed by atoms with Crippen LogP contribution in [0.1, 0.15) is 17.3 Å². The van der Waals surface area contributed by atoms with E-state index in [1.54, 1.807) is 12.1 Å². The highest BCUT2D eigenvalue weighted by Crippen LogP contribution is 2.20. The second-order valence-corrected chi connectivity index (χ2v) is 4.70. The van der Waals surface area contributed by atoms with E-state index in [0.717, 1.165) is 12.2 Å². The molecule has 2 N–H and O–H groups in total. The van der Waals surface area contributed by atoms with Crippen LogP contribution < -0.4 is 10.7 Å². The molecule has 1 aliphatic heterocycles. The number of halogens is 1. The lowest BCUT2D eigenvalue weighted by Crippen LogP contribution is -2.48. The van der Waals surface area contributed by atoms with Crippen LogP contribution in [0, 0.1) is 0 Å². The van der Waals surface area contributed by atoms with E-state index < -0.39 is 0 Å². The SMILES string of the molecule is CCNc1ccc(Cl)cc1C(=O)NN1CCOCC1. The molecule has 6 heteroatoms. The average molecular weight is 284 g/mol. The van der Waals surface area contributed by atoms with E-state index in [1.165, 1.54) is 0 Å². The van der Waals surface area contributed by atoms with E-state index in [9.17, 15) is 4.79 Å². The summed E-state index contributed by atoms with van der Waals surface area (Å²) in [6.07, 6.45) is 0. The number of hydrogen-bond donors (Lipinski definition) is 2. The smallest absolute Gasteiger partial charge is 0.267 e. The van der Waals surface area contributed by atoms with Crippen LogP contribution in [0.15, 0.2) is 18.2 Å². The molecule has 0 saturated carbocycles. The van der Waals surface area contributed by atoms with E-state index >= 15 is 0 Å². The van der Waals surface area contributed by atoms with Crippen molar-refractivity contribution in [3.63, 3.8) is 0 Å². The lowest BCUT2D eigenvalue weighted by molar-refractivity contribution is 0.0126. The van der Waals surface area contributed by atoms with Crippen LogP contribution in [0.5, 0.6) is 0 Å². The lowest BCUT2D eigenvalue weighted by Gasteiger charge is -2.27. The molecule has 0 aromatic heterocycles. The van der Waals surface area contributed by atoms with Crippen LogP contribution in [-0.4, -0.2) is 43.8 Å². The highest BCUT2D eigenvalue weighted by Gasteiger charge is 2.17. The van der Waals surface area contributed by atoms with Crippen molar-refractivity contribution in [2.24, 2.45) is 0 Å². The molecular formula is C13H18ClN3O2. The first-order valence-corrected chi connectivity index (χ1v) is 6.75. The van der Waals surface area contributed by atoms with Gasteiger partial charge < -0.3 is 10.1 Å². The molecule has 5 nitrogen and oxygen atoms in total. The zero-order valence-electron chi connectivity index (χ0n) is 10.9. The van der Waals surface area contributed by atoms with Gasteiger partial charge in [-0.05, 0) is 25.1 Å². The van der Waals surface area contributed by atoms with Gasteiger partial charge in [-0.3, -0.25) is 10.2 Å². The maximum Gasteiger partial charge on any atom is 0.267 e. The molecule has 0 radical (unpaired) electrons. The zero-order valence-corrected chi connectivity index (χ0v) is 11.7. The lowest BCUT2D eigenvalue weighted by atomic mass is 10.1. The Labute approximate surface area is 117 Å². The minimum atomic E-state index is -0.152. The van der Waals surface area contributed by atoms with E-state index in [4.69, 9.17) is 16.3 Å². The van der Waals surface area contributed by atoms with Crippen LogP contribution >= 0.6 is 11.6 Å². The number of hydrazine groups is 1. The first kappa shape index (κ1) is 14.1. The second kappa shape index (κ2) is 6.75. The number of carbonyl (C=O) groups is 1. The Morgan fingerprint density at radius 2 is 2.16 bits per heavy atom. The first-order valence-electron chi connectivity index (χ1n) is 6.38. The predicted molar refractivity (Wildman–Crippen MR) is 75.5 cm³/mol. The maximum absolute atomic E-state index is 12.3. The minimum Gasteiger partial charge on any atom is -0.385 e. The van der Waals surface area contributed by atoms with Gasteiger partial charge >= 0.3 is 0 Å². The van der Waals surface area contributed by atoms with Gasteiger partial charge in [0.05, 0.1) is 18.8 Å². The molecule has 1 heterocycles. The van der Waals surface area contributed by atoms with Crippen molar-refractivity contribution >= 4 is 23.2 Å². The number of ether oxygens (including phenoxy) is 1. The molecule has 19 heavy (non-hydrogen) atoms. The third kappa shape index (κ3) is 3.83. The van der Waals surface area contributed by atoms with Crippen LogP contribution in [0.3, 0.4) is 0 Å². The largest absolute Gasteiger partial charge is 0.385 e. The summed E-state index contributed by atoms with van der Waals surface area (Å²) in [6, 6.07) is 5.26. The van der Waals surface area contributed by atoms with Gasteiger partial charge in [0.15, 0.2) is 0 Å². The van der Waals surface area contributed by atoms with Gasteiger partial charge in [-0.25, -0.2) is 5.01 Å². The van der Waals surface area contributed by atoms with Crippen LogP contribution in [-0.2, 0) is 4.74 Å². The number of rotatable bonds is 4. The molecule has 0 aliphatic carbocycles.